The molecule has 0 saturated carbocycles. The number of piperazine rings is 1. The smallest absolute Gasteiger partial charge is 0.244 e. The van der Waals surface area contributed by atoms with E-state index in [-0.39, 0.29) is 6.54 Å². The minimum absolute atomic E-state index is 0.192. The monoisotopic (exact) mass is 342 g/mol. The molecule has 124 valence electrons. The van der Waals surface area contributed by atoms with Crippen LogP contribution >= 0.6 is 0 Å². The Bertz CT molecular complexity index is 802. The summed E-state index contributed by atoms with van der Waals surface area (Å²) in [5.41, 5.74) is 0. The van der Waals surface area contributed by atoms with Crippen LogP contribution in [0.25, 0.3) is 0 Å². The normalized spacial score (nSPS) is 19.9. The Balaban J connectivity index is 2.04. The van der Waals surface area contributed by atoms with E-state index in [2.05, 4.69) is 10.3 Å². The van der Waals surface area contributed by atoms with Gasteiger partial charge in [0.15, 0.2) is 0 Å². The molecule has 1 atom stereocenters. The van der Waals surface area contributed by atoms with E-state index >= 15 is 0 Å². The fourth-order valence-electron chi connectivity index (χ4n) is 2.70. The van der Waals surface area contributed by atoms with Crippen molar-refractivity contribution in [3.63, 3.8) is 0 Å². The molecular formula is C14H16F2N4O2S. The van der Waals surface area contributed by atoms with Crippen molar-refractivity contribution < 1.29 is 17.2 Å². The lowest BCUT2D eigenvalue weighted by atomic mass is 10.2. The molecule has 1 N–H and O–H groups in total. The van der Waals surface area contributed by atoms with Crippen LogP contribution in [0.1, 0.15) is 11.9 Å². The largest absolute Gasteiger partial charge is 0.337 e. The SMILES string of the molecule is Cn1ccnc1C1CNCCN1S(=O)(=O)c1cc(F)cc(F)c1. The van der Waals surface area contributed by atoms with Crippen molar-refractivity contribution in [3.05, 3.63) is 48.1 Å². The third-order valence-corrected chi connectivity index (χ3v) is 5.68. The predicted molar refractivity (Wildman–Crippen MR) is 79.1 cm³/mol. The molecule has 1 fully saturated rings. The van der Waals surface area contributed by atoms with E-state index < -0.39 is 32.6 Å². The first-order chi connectivity index (χ1) is 10.9. The molecule has 0 amide bonds. The molecule has 0 aliphatic carbocycles. The molecule has 0 bridgehead atoms. The number of benzene rings is 1. The Morgan fingerprint density at radius 2 is 1.96 bits per heavy atom. The van der Waals surface area contributed by atoms with Crippen molar-refractivity contribution in [1.82, 2.24) is 19.2 Å². The molecule has 1 aromatic heterocycles. The molecule has 2 heterocycles. The van der Waals surface area contributed by atoms with Crippen molar-refractivity contribution in [2.75, 3.05) is 19.6 Å². The standard InChI is InChI=1S/C14H16F2N4O2S/c1-19-4-3-18-14(19)13-9-17-2-5-20(13)23(21,22)12-7-10(15)6-11(16)8-12/h3-4,6-8,13,17H,2,5,9H2,1H3. The van der Waals surface area contributed by atoms with Gasteiger partial charge in [0.25, 0.3) is 0 Å². The van der Waals surface area contributed by atoms with Crippen LogP contribution in [0.5, 0.6) is 0 Å². The quantitative estimate of drug-likeness (QED) is 0.905. The van der Waals surface area contributed by atoms with Gasteiger partial charge in [0.05, 0.1) is 10.9 Å². The van der Waals surface area contributed by atoms with Gasteiger partial charge in [-0.1, -0.05) is 0 Å². The Morgan fingerprint density at radius 1 is 1.26 bits per heavy atom. The molecule has 1 aromatic carbocycles. The average molecular weight is 342 g/mol. The highest BCUT2D eigenvalue weighted by molar-refractivity contribution is 7.89. The van der Waals surface area contributed by atoms with Crippen molar-refractivity contribution in [2.24, 2.45) is 7.05 Å². The number of aryl methyl sites for hydroxylation is 1. The van der Waals surface area contributed by atoms with Crippen molar-refractivity contribution in [3.8, 4) is 0 Å². The first kappa shape index (κ1) is 16.0. The third-order valence-electron chi connectivity index (χ3n) is 3.79. The van der Waals surface area contributed by atoms with E-state index in [1.54, 1.807) is 24.0 Å². The van der Waals surface area contributed by atoms with Crippen molar-refractivity contribution in [1.29, 1.82) is 0 Å². The molecule has 2 aromatic rings. The second kappa shape index (κ2) is 5.99. The number of hydrogen-bond donors (Lipinski definition) is 1. The summed E-state index contributed by atoms with van der Waals surface area (Å²) in [6.07, 6.45) is 3.30. The first-order valence-electron chi connectivity index (χ1n) is 7.05. The van der Waals surface area contributed by atoms with E-state index in [1.165, 1.54) is 4.31 Å². The Labute approximate surface area is 132 Å². The number of aromatic nitrogens is 2. The topological polar surface area (TPSA) is 67.2 Å². The highest BCUT2D eigenvalue weighted by atomic mass is 32.2. The average Bonchev–Trinajstić information content (AvgIpc) is 2.92. The summed E-state index contributed by atoms with van der Waals surface area (Å²) < 4.78 is 55.5. The van der Waals surface area contributed by atoms with Gasteiger partial charge in [0, 0.05) is 45.1 Å². The summed E-state index contributed by atoms with van der Waals surface area (Å²) in [5.74, 6) is -1.28. The second-order valence-corrected chi connectivity index (χ2v) is 7.23. The van der Waals surface area contributed by atoms with E-state index in [0.717, 1.165) is 12.1 Å². The second-order valence-electron chi connectivity index (χ2n) is 5.34. The number of sulfonamides is 1. The molecular weight excluding hydrogens is 326 g/mol. The van der Waals surface area contributed by atoms with Crippen LogP contribution in [0, 0.1) is 11.6 Å². The lowest BCUT2D eigenvalue weighted by Crippen LogP contribution is -2.49. The molecule has 9 heteroatoms. The third kappa shape index (κ3) is 2.99. The number of nitrogens with zero attached hydrogens (tertiary/aromatic N) is 3. The molecule has 3 rings (SSSR count). The Hall–Kier alpha value is -1.84. The van der Waals surface area contributed by atoms with E-state index in [0.29, 0.717) is 25.0 Å². The lowest BCUT2D eigenvalue weighted by molar-refractivity contribution is 0.258. The van der Waals surface area contributed by atoms with Gasteiger partial charge in [-0.05, 0) is 12.1 Å². The number of halogens is 2. The predicted octanol–water partition coefficient (Wildman–Crippen LogP) is 1.03. The highest BCUT2D eigenvalue weighted by Crippen LogP contribution is 2.28. The van der Waals surface area contributed by atoms with Gasteiger partial charge in [0.1, 0.15) is 17.5 Å². The Kier molecular flexibility index (Phi) is 4.17. The maximum absolute atomic E-state index is 13.4. The van der Waals surface area contributed by atoms with Crippen LogP contribution < -0.4 is 5.32 Å². The molecule has 1 saturated heterocycles. The van der Waals surface area contributed by atoms with Crippen LogP contribution in [-0.2, 0) is 17.1 Å². The van der Waals surface area contributed by atoms with Crippen molar-refractivity contribution in [2.45, 2.75) is 10.9 Å². The van der Waals surface area contributed by atoms with Crippen LogP contribution in [0.2, 0.25) is 0 Å². The van der Waals surface area contributed by atoms with Gasteiger partial charge >= 0.3 is 0 Å². The van der Waals surface area contributed by atoms with Crippen molar-refractivity contribution >= 4 is 10.0 Å². The first-order valence-corrected chi connectivity index (χ1v) is 8.49. The zero-order valence-electron chi connectivity index (χ0n) is 12.4. The Morgan fingerprint density at radius 3 is 2.57 bits per heavy atom. The summed E-state index contributed by atoms with van der Waals surface area (Å²) in [6, 6.07) is 1.76. The van der Waals surface area contributed by atoms with Crippen LogP contribution in [-0.4, -0.2) is 41.9 Å². The van der Waals surface area contributed by atoms with Gasteiger partial charge < -0.3 is 9.88 Å². The van der Waals surface area contributed by atoms with Crippen LogP contribution in [0.15, 0.2) is 35.5 Å². The minimum Gasteiger partial charge on any atom is -0.337 e. The van der Waals surface area contributed by atoms with Crippen LogP contribution in [0.3, 0.4) is 0 Å². The zero-order valence-corrected chi connectivity index (χ0v) is 13.2. The van der Waals surface area contributed by atoms with Crippen LogP contribution in [0.4, 0.5) is 8.78 Å². The van der Waals surface area contributed by atoms with E-state index in [4.69, 9.17) is 0 Å². The van der Waals surface area contributed by atoms with Gasteiger partial charge in [-0.25, -0.2) is 22.2 Å². The number of hydrogen-bond acceptors (Lipinski definition) is 4. The molecule has 0 radical (unpaired) electrons. The summed E-state index contributed by atoms with van der Waals surface area (Å²) in [5, 5.41) is 3.12. The maximum Gasteiger partial charge on any atom is 0.244 e. The van der Waals surface area contributed by atoms with E-state index in [9.17, 15) is 17.2 Å². The summed E-state index contributed by atoms with van der Waals surface area (Å²) in [6.45, 7) is 1.03. The molecule has 1 aliphatic rings. The fourth-order valence-corrected chi connectivity index (χ4v) is 4.33. The molecule has 6 nitrogen and oxygen atoms in total. The summed E-state index contributed by atoms with van der Waals surface area (Å²) in [7, 11) is -2.27. The van der Waals surface area contributed by atoms with Gasteiger partial charge in [-0.15, -0.1) is 0 Å². The summed E-state index contributed by atoms with van der Waals surface area (Å²) in [4.78, 5) is 3.81. The highest BCUT2D eigenvalue weighted by Gasteiger charge is 2.36. The lowest BCUT2D eigenvalue weighted by Gasteiger charge is -2.34. The molecule has 0 spiro atoms. The number of rotatable bonds is 3. The molecule has 1 aliphatic heterocycles. The van der Waals surface area contributed by atoms with Gasteiger partial charge in [-0.3, -0.25) is 0 Å². The molecule has 23 heavy (non-hydrogen) atoms. The van der Waals surface area contributed by atoms with Gasteiger partial charge in [-0.2, -0.15) is 4.31 Å². The minimum atomic E-state index is -4.04. The summed E-state index contributed by atoms with van der Waals surface area (Å²) >= 11 is 0. The van der Waals surface area contributed by atoms with Gasteiger partial charge in [0.2, 0.25) is 10.0 Å². The van der Waals surface area contributed by atoms with E-state index in [1.807, 2.05) is 0 Å². The maximum atomic E-state index is 13.4. The fraction of sp³-hybridized carbons (Fsp3) is 0.357. The molecule has 1 unspecified atom stereocenters. The number of imidazole rings is 1. The number of nitrogens with one attached hydrogen (secondary N) is 1. The zero-order chi connectivity index (χ0) is 16.6.